The molecule has 25 heavy (non-hydrogen) atoms. The van der Waals surface area contributed by atoms with Crippen molar-refractivity contribution in [2.75, 3.05) is 0 Å². The second-order valence-electron chi connectivity index (χ2n) is 6.12. The molecule has 1 amide bonds. The number of carbonyl (C=O) groups excluding carboxylic acids is 1. The first-order chi connectivity index (χ1) is 12.1. The Morgan fingerprint density at radius 2 is 1.84 bits per heavy atom. The van der Waals surface area contributed by atoms with E-state index in [-0.39, 0.29) is 18.4 Å². The van der Waals surface area contributed by atoms with E-state index >= 15 is 0 Å². The molecule has 1 heterocycles. The summed E-state index contributed by atoms with van der Waals surface area (Å²) >= 11 is 0. The third-order valence-electron chi connectivity index (χ3n) is 4.33. The number of imidazole rings is 1. The third-order valence-corrected chi connectivity index (χ3v) is 4.33. The van der Waals surface area contributed by atoms with Crippen LogP contribution in [0.25, 0.3) is 11.0 Å². The van der Waals surface area contributed by atoms with Gasteiger partial charge < -0.3 is 15.0 Å². The first kappa shape index (κ1) is 17.2. The van der Waals surface area contributed by atoms with Gasteiger partial charge in [0.05, 0.1) is 29.6 Å². The summed E-state index contributed by atoms with van der Waals surface area (Å²) < 4.78 is 2.11. The molecule has 2 unspecified atom stereocenters. The number of nitrogens with one attached hydrogen (secondary N) is 1. The lowest BCUT2D eigenvalue weighted by Gasteiger charge is -2.17. The number of fused-ring (bicyclic) bond motifs is 1. The maximum absolute atomic E-state index is 12.3. The quantitative estimate of drug-likeness (QED) is 0.725. The average Bonchev–Trinajstić information content (AvgIpc) is 3.01. The van der Waals surface area contributed by atoms with Gasteiger partial charge in [0.25, 0.3) is 0 Å². The molecule has 130 valence electrons. The smallest absolute Gasteiger partial charge is 0.223 e. The van der Waals surface area contributed by atoms with Crippen LogP contribution >= 0.6 is 0 Å². The van der Waals surface area contributed by atoms with Gasteiger partial charge in [-0.05, 0) is 31.5 Å². The van der Waals surface area contributed by atoms with Crippen LogP contribution in [0.2, 0.25) is 0 Å². The second kappa shape index (κ2) is 7.49. The molecular weight excluding hydrogens is 314 g/mol. The minimum Gasteiger partial charge on any atom is -0.388 e. The summed E-state index contributed by atoms with van der Waals surface area (Å²) in [7, 11) is 0. The van der Waals surface area contributed by atoms with Gasteiger partial charge >= 0.3 is 0 Å². The van der Waals surface area contributed by atoms with Crippen molar-refractivity contribution < 1.29 is 9.90 Å². The van der Waals surface area contributed by atoms with Gasteiger partial charge in [-0.3, -0.25) is 4.79 Å². The summed E-state index contributed by atoms with van der Waals surface area (Å²) in [6.45, 7) is 4.76. The number of aliphatic hydroxyl groups is 1. The molecule has 0 saturated carbocycles. The van der Waals surface area contributed by atoms with Crippen LogP contribution in [0.4, 0.5) is 0 Å². The molecule has 2 atom stereocenters. The summed E-state index contributed by atoms with van der Waals surface area (Å²) in [5.41, 5.74) is 2.72. The number of hydrogen-bond donors (Lipinski definition) is 2. The van der Waals surface area contributed by atoms with Crippen molar-refractivity contribution in [2.24, 2.45) is 0 Å². The fraction of sp³-hybridized carbons (Fsp3) is 0.300. The molecule has 3 aromatic rings. The lowest BCUT2D eigenvalue weighted by molar-refractivity contribution is -0.123. The van der Waals surface area contributed by atoms with Crippen molar-refractivity contribution in [2.45, 2.75) is 39.0 Å². The minimum absolute atomic E-state index is 0.0285. The lowest BCUT2D eigenvalue weighted by Crippen LogP contribution is -2.29. The SMILES string of the molecule is CCn1c(C(C)NC(=O)CC(O)c2ccccc2)nc2ccccc21. The highest BCUT2D eigenvalue weighted by molar-refractivity contribution is 5.78. The van der Waals surface area contributed by atoms with Crippen LogP contribution < -0.4 is 5.32 Å². The van der Waals surface area contributed by atoms with Crippen LogP contribution in [0.3, 0.4) is 0 Å². The van der Waals surface area contributed by atoms with Crippen LogP contribution in [-0.4, -0.2) is 20.6 Å². The van der Waals surface area contributed by atoms with Gasteiger partial charge in [-0.15, -0.1) is 0 Å². The molecular formula is C20H23N3O2. The Kier molecular flexibility index (Phi) is 5.14. The molecule has 5 heteroatoms. The number of rotatable bonds is 6. The van der Waals surface area contributed by atoms with Crippen LogP contribution in [-0.2, 0) is 11.3 Å². The molecule has 0 spiro atoms. The molecule has 2 N–H and O–H groups in total. The highest BCUT2D eigenvalue weighted by Gasteiger charge is 2.19. The van der Waals surface area contributed by atoms with Gasteiger partial charge in [-0.1, -0.05) is 42.5 Å². The fourth-order valence-corrected chi connectivity index (χ4v) is 3.09. The molecule has 0 radical (unpaired) electrons. The molecule has 0 bridgehead atoms. The molecule has 0 aliphatic rings. The molecule has 5 nitrogen and oxygen atoms in total. The van der Waals surface area contributed by atoms with Crippen molar-refractivity contribution in [3.05, 3.63) is 66.0 Å². The van der Waals surface area contributed by atoms with Crippen LogP contribution in [0.5, 0.6) is 0 Å². The van der Waals surface area contributed by atoms with E-state index in [4.69, 9.17) is 0 Å². The number of para-hydroxylation sites is 2. The van der Waals surface area contributed by atoms with E-state index in [2.05, 4.69) is 21.8 Å². The van der Waals surface area contributed by atoms with E-state index < -0.39 is 6.10 Å². The number of nitrogens with zero attached hydrogens (tertiary/aromatic N) is 2. The van der Waals surface area contributed by atoms with E-state index in [1.165, 1.54) is 0 Å². The maximum Gasteiger partial charge on any atom is 0.223 e. The standard InChI is InChI=1S/C20H23N3O2/c1-3-23-17-12-8-7-11-16(17)22-20(23)14(2)21-19(25)13-18(24)15-9-5-4-6-10-15/h4-12,14,18,24H,3,13H2,1-2H3,(H,21,25). The van der Waals surface area contributed by atoms with Crippen molar-refractivity contribution in [3.8, 4) is 0 Å². The van der Waals surface area contributed by atoms with Crippen molar-refractivity contribution in [3.63, 3.8) is 0 Å². The predicted molar refractivity (Wildman–Crippen MR) is 98.0 cm³/mol. The van der Waals surface area contributed by atoms with Crippen LogP contribution in [0.15, 0.2) is 54.6 Å². The van der Waals surface area contributed by atoms with Gasteiger partial charge in [-0.2, -0.15) is 0 Å². The number of aromatic nitrogens is 2. The van der Waals surface area contributed by atoms with E-state index in [1.807, 2.05) is 61.5 Å². The molecule has 0 aliphatic carbocycles. The zero-order chi connectivity index (χ0) is 17.8. The number of amides is 1. The number of benzene rings is 2. The van der Waals surface area contributed by atoms with E-state index in [1.54, 1.807) is 0 Å². The lowest BCUT2D eigenvalue weighted by atomic mass is 10.1. The van der Waals surface area contributed by atoms with E-state index in [9.17, 15) is 9.90 Å². The summed E-state index contributed by atoms with van der Waals surface area (Å²) in [6, 6.07) is 16.9. The third kappa shape index (κ3) is 3.72. The monoisotopic (exact) mass is 337 g/mol. The Bertz CT molecular complexity index is 858. The zero-order valence-electron chi connectivity index (χ0n) is 14.5. The van der Waals surface area contributed by atoms with Crippen molar-refractivity contribution >= 4 is 16.9 Å². The van der Waals surface area contributed by atoms with Gasteiger partial charge in [0.2, 0.25) is 5.91 Å². The maximum atomic E-state index is 12.3. The number of carbonyl (C=O) groups is 1. The number of aliphatic hydroxyl groups excluding tert-OH is 1. The Hall–Kier alpha value is -2.66. The van der Waals surface area contributed by atoms with Crippen LogP contribution in [0.1, 0.15) is 43.8 Å². The van der Waals surface area contributed by atoms with Crippen molar-refractivity contribution in [1.82, 2.24) is 14.9 Å². The largest absolute Gasteiger partial charge is 0.388 e. The summed E-state index contributed by atoms with van der Waals surface area (Å²) in [6.07, 6.45) is -0.779. The highest BCUT2D eigenvalue weighted by atomic mass is 16.3. The van der Waals surface area contributed by atoms with Gasteiger partial charge in [0.15, 0.2) is 0 Å². The first-order valence-corrected chi connectivity index (χ1v) is 8.57. The first-order valence-electron chi connectivity index (χ1n) is 8.57. The number of aryl methyl sites for hydroxylation is 1. The zero-order valence-corrected chi connectivity index (χ0v) is 14.5. The Balaban J connectivity index is 1.71. The van der Waals surface area contributed by atoms with E-state index in [0.29, 0.717) is 0 Å². The summed E-state index contributed by atoms with van der Waals surface area (Å²) in [4.78, 5) is 17.0. The van der Waals surface area contributed by atoms with Gasteiger partial charge in [0, 0.05) is 6.54 Å². The van der Waals surface area contributed by atoms with Gasteiger partial charge in [-0.25, -0.2) is 4.98 Å². The normalized spacial score (nSPS) is 13.6. The molecule has 2 aromatic carbocycles. The highest BCUT2D eigenvalue weighted by Crippen LogP contribution is 2.21. The molecule has 1 aromatic heterocycles. The summed E-state index contributed by atoms with van der Waals surface area (Å²) in [5.74, 6) is 0.629. The molecule has 0 aliphatic heterocycles. The minimum atomic E-state index is -0.807. The Morgan fingerprint density at radius 1 is 1.16 bits per heavy atom. The topological polar surface area (TPSA) is 67.2 Å². The van der Waals surface area contributed by atoms with Gasteiger partial charge in [0.1, 0.15) is 5.82 Å². The molecule has 3 rings (SSSR count). The Labute approximate surface area is 147 Å². The Morgan fingerprint density at radius 3 is 2.56 bits per heavy atom. The molecule has 0 fully saturated rings. The average molecular weight is 337 g/mol. The predicted octanol–water partition coefficient (Wildman–Crippen LogP) is 3.36. The number of hydrogen-bond acceptors (Lipinski definition) is 3. The summed E-state index contributed by atoms with van der Waals surface area (Å²) in [5, 5.41) is 13.2. The fourth-order valence-electron chi connectivity index (χ4n) is 3.09. The molecule has 0 saturated heterocycles. The van der Waals surface area contributed by atoms with E-state index in [0.717, 1.165) is 29.0 Å². The second-order valence-corrected chi connectivity index (χ2v) is 6.12. The van der Waals surface area contributed by atoms with Crippen LogP contribution in [0, 0.1) is 0 Å². The van der Waals surface area contributed by atoms with Crippen molar-refractivity contribution in [1.29, 1.82) is 0 Å².